The summed E-state index contributed by atoms with van der Waals surface area (Å²) in [7, 11) is 0. The summed E-state index contributed by atoms with van der Waals surface area (Å²) in [6.07, 6.45) is 0.937. The van der Waals surface area contributed by atoms with E-state index in [4.69, 9.17) is 14.2 Å². The molecule has 2 aromatic rings. The van der Waals surface area contributed by atoms with Crippen LogP contribution in [0.25, 0.3) is 0 Å². The Labute approximate surface area is 139 Å². The van der Waals surface area contributed by atoms with Crippen molar-refractivity contribution in [3.05, 3.63) is 48.3 Å². The molecule has 0 spiro atoms. The van der Waals surface area contributed by atoms with Crippen molar-refractivity contribution in [2.24, 2.45) is 0 Å². The van der Waals surface area contributed by atoms with Crippen LogP contribution in [-0.2, 0) is 4.79 Å². The van der Waals surface area contributed by atoms with E-state index in [2.05, 4.69) is 5.32 Å². The Morgan fingerprint density at radius 1 is 1.12 bits per heavy atom. The Hall–Kier alpha value is -2.76. The Bertz CT molecular complexity index is 720. The van der Waals surface area contributed by atoms with Crippen LogP contribution in [0.4, 0.5) is 10.1 Å². The van der Waals surface area contributed by atoms with Gasteiger partial charge in [-0.05, 0) is 24.3 Å². The first-order valence-corrected chi connectivity index (χ1v) is 7.79. The molecular formula is C18H18FNO4. The molecule has 0 bridgehead atoms. The van der Waals surface area contributed by atoms with Crippen LogP contribution in [-0.4, -0.2) is 25.7 Å². The highest BCUT2D eigenvalue weighted by Gasteiger charge is 2.12. The molecule has 24 heavy (non-hydrogen) atoms. The number of para-hydroxylation sites is 1. The number of hydrogen-bond acceptors (Lipinski definition) is 4. The van der Waals surface area contributed by atoms with Gasteiger partial charge < -0.3 is 19.5 Å². The highest BCUT2D eigenvalue weighted by Crippen LogP contribution is 2.32. The number of nitrogens with one attached hydrogen (secondary N) is 1. The van der Waals surface area contributed by atoms with Gasteiger partial charge in [0.15, 0.2) is 23.1 Å². The Kier molecular flexibility index (Phi) is 5.15. The average molecular weight is 331 g/mol. The number of rotatable bonds is 5. The molecule has 6 heteroatoms. The van der Waals surface area contributed by atoms with Gasteiger partial charge >= 0.3 is 0 Å². The Morgan fingerprint density at radius 2 is 1.92 bits per heavy atom. The highest BCUT2D eigenvalue weighted by atomic mass is 19.1. The van der Waals surface area contributed by atoms with Gasteiger partial charge in [0.1, 0.15) is 0 Å². The lowest BCUT2D eigenvalue weighted by Gasteiger charge is -2.11. The lowest BCUT2D eigenvalue weighted by Crippen LogP contribution is -2.15. The van der Waals surface area contributed by atoms with Gasteiger partial charge in [-0.2, -0.15) is 0 Å². The van der Waals surface area contributed by atoms with Gasteiger partial charge in [0.05, 0.1) is 26.2 Å². The maximum atomic E-state index is 13.4. The van der Waals surface area contributed by atoms with Crippen molar-refractivity contribution in [2.75, 3.05) is 25.1 Å². The molecule has 1 amide bonds. The van der Waals surface area contributed by atoms with E-state index in [0.29, 0.717) is 30.4 Å². The molecule has 0 fully saturated rings. The molecule has 1 N–H and O–H groups in total. The zero-order valence-electron chi connectivity index (χ0n) is 13.1. The van der Waals surface area contributed by atoms with Crippen LogP contribution in [0.3, 0.4) is 0 Å². The van der Waals surface area contributed by atoms with Crippen LogP contribution in [0, 0.1) is 5.82 Å². The van der Waals surface area contributed by atoms with E-state index < -0.39 is 5.82 Å². The summed E-state index contributed by atoms with van der Waals surface area (Å²) in [6, 6.07) is 11.4. The first kappa shape index (κ1) is 16.1. The van der Waals surface area contributed by atoms with Gasteiger partial charge in [-0.15, -0.1) is 0 Å². The standard InChI is InChI=1S/C18H18FNO4/c19-14-4-1-2-5-15(14)24-11-8-18(21)20-13-6-7-16-17(12-13)23-10-3-9-22-16/h1-2,4-7,12H,3,8-11H2,(H,20,21). The molecule has 0 unspecified atom stereocenters. The van der Waals surface area contributed by atoms with Crippen LogP contribution in [0.5, 0.6) is 17.2 Å². The summed E-state index contributed by atoms with van der Waals surface area (Å²) in [5.41, 5.74) is 0.621. The number of halogens is 1. The molecular weight excluding hydrogens is 313 g/mol. The molecule has 1 aliphatic heterocycles. The number of carbonyl (C=O) groups excluding carboxylic acids is 1. The molecule has 0 aliphatic carbocycles. The molecule has 0 saturated heterocycles. The third kappa shape index (κ3) is 4.16. The summed E-state index contributed by atoms with van der Waals surface area (Å²) < 4.78 is 29.8. The number of fused-ring (bicyclic) bond motifs is 1. The van der Waals surface area contributed by atoms with E-state index in [9.17, 15) is 9.18 Å². The maximum Gasteiger partial charge on any atom is 0.227 e. The van der Waals surface area contributed by atoms with Crippen molar-refractivity contribution < 1.29 is 23.4 Å². The smallest absolute Gasteiger partial charge is 0.227 e. The zero-order valence-corrected chi connectivity index (χ0v) is 13.1. The first-order chi connectivity index (χ1) is 11.7. The topological polar surface area (TPSA) is 56.8 Å². The molecule has 0 aromatic heterocycles. The average Bonchev–Trinajstić information content (AvgIpc) is 2.81. The molecule has 126 valence electrons. The van der Waals surface area contributed by atoms with E-state index in [-0.39, 0.29) is 24.7 Å². The molecule has 0 saturated carbocycles. The van der Waals surface area contributed by atoms with E-state index in [1.165, 1.54) is 12.1 Å². The number of ether oxygens (including phenoxy) is 3. The third-order valence-electron chi connectivity index (χ3n) is 3.45. The predicted octanol–water partition coefficient (Wildman–Crippen LogP) is 3.39. The van der Waals surface area contributed by atoms with Crippen LogP contribution in [0.1, 0.15) is 12.8 Å². The van der Waals surface area contributed by atoms with Crippen molar-refractivity contribution in [3.63, 3.8) is 0 Å². The minimum Gasteiger partial charge on any atom is -0.490 e. The van der Waals surface area contributed by atoms with E-state index in [0.717, 1.165) is 6.42 Å². The van der Waals surface area contributed by atoms with Gasteiger partial charge in [-0.25, -0.2) is 4.39 Å². The van der Waals surface area contributed by atoms with Crippen molar-refractivity contribution in [1.29, 1.82) is 0 Å². The van der Waals surface area contributed by atoms with Gasteiger partial charge in [0, 0.05) is 18.2 Å². The molecule has 2 aromatic carbocycles. The summed E-state index contributed by atoms with van der Waals surface area (Å²) in [5.74, 6) is 0.767. The number of hydrogen-bond donors (Lipinski definition) is 1. The summed E-state index contributed by atoms with van der Waals surface area (Å²) in [6.45, 7) is 1.30. The monoisotopic (exact) mass is 331 g/mol. The third-order valence-corrected chi connectivity index (χ3v) is 3.45. The Morgan fingerprint density at radius 3 is 2.75 bits per heavy atom. The predicted molar refractivity (Wildman–Crippen MR) is 87.2 cm³/mol. The fourth-order valence-electron chi connectivity index (χ4n) is 2.28. The second-order valence-electron chi connectivity index (χ2n) is 5.29. The molecule has 5 nitrogen and oxygen atoms in total. The fraction of sp³-hybridized carbons (Fsp3) is 0.278. The lowest BCUT2D eigenvalue weighted by atomic mass is 10.2. The highest BCUT2D eigenvalue weighted by molar-refractivity contribution is 5.91. The largest absolute Gasteiger partial charge is 0.490 e. The van der Waals surface area contributed by atoms with E-state index in [1.54, 1.807) is 30.3 Å². The maximum absolute atomic E-state index is 13.4. The second kappa shape index (κ2) is 7.68. The lowest BCUT2D eigenvalue weighted by molar-refractivity contribution is -0.116. The summed E-state index contributed by atoms with van der Waals surface area (Å²) in [5, 5.41) is 2.77. The normalized spacial score (nSPS) is 13.0. The minimum atomic E-state index is -0.444. The molecule has 1 aliphatic rings. The van der Waals surface area contributed by atoms with Crippen molar-refractivity contribution in [2.45, 2.75) is 12.8 Å². The molecule has 1 heterocycles. The number of benzene rings is 2. The van der Waals surface area contributed by atoms with Crippen LogP contribution >= 0.6 is 0 Å². The quantitative estimate of drug-likeness (QED) is 0.912. The van der Waals surface area contributed by atoms with Crippen LogP contribution < -0.4 is 19.5 Å². The number of anilines is 1. The summed E-state index contributed by atoms with van der Waals surface area (Å²) in [4.78, 5) is 12.0. The second-order valence-corrected chi connectivity index (χ2v) is 5.29. The summed E-state index contributed by atoms with van der Waals surface area (Å²) >= 11 is 0. The van der Waals surface area contributed by atoms with Gasteiger partial charge in [-0.3, -0.25) is 4.79 Å². The van der Waals surface area contributed by atoms with Gasteiger partial charge in [0.2, 0.25) is 5.91 Å². The minimum absolute atomic E-state index is 0.0946. The van der Waals surface area contributed by atoms with E-state index in [1.807, 2.05) is 0 Å². The number of amides is 1. The zero-order chi connectivity index (χ0) is 16.8. The molecule has 0 radical (unpaired) electrons. The van der Waals surface area contributed by atoms with Crippen molar-refractivity contribution in [3.8, 4) is 17.2 Å². The molecule has 0 atom stereocenters. The number of carbonyl (C=O) groups is 1. The SMILES string of the molecule is O=C(CCOc1ccccc1F)Nc1ccc2c(c1)OCCCO2. The molecule has 3 rings (SSSR count). The van der Waals surface area contributed by atoms with Crippen LogP contribution in [0.2, 0.25) is 0 Å². The van der Waals surface area contributed by atoms with E-state index >= 15 is 0 Å². The van der Waals surface area contributed by atoms with Crippen LogP contribution in [0.15, 0.2) is 42.5 Å². The fourth-order valence-corrected chi connectivity index (χ4v) is 2.28. The Balaban J connectivity index is 1.52. The van der Waals surface area contributed by atoms with Gasteiger partial charge in [0.25, 0.3) is 0 Å². The van der Waals surface area contributed by atoms with Crippen molar-refractivity contribution >= 4 is 11.6 Å². The van der Waals surface area contributed by atoms with Crippen molar-refractivity contribution in [1.82, 2.24) is 0 Å². The van der Waals surface area contributed by atoms with Gasteiger partial charge in [-0.1, -0.05) is 12.1 Å². The first-order valence-electron chi connectivity index (χ1n) is 7.79.